The lowest BCUT2D eigenvalue weighted by Gasteiger charge is -2.10. The molecular weight excluding hydrogens is 298 g/mol. The molecule has 0 fully saturated rings. The van der Waals surface area contributed by atoms with Crippen molar-refractivity contribution in [1.82, 2.24) is 0 Å². The van der Waals surface area contributed by atoms with E-state index >= 15 is 0 Å². The molecule has 0 unspecified atom stereocenters. The summed E-state index contributed by atoms with van der Waals surface area (Å²) in [5.41, 5.74) is 2.78. The zero-order valence-corrected chi connectivity index (χ0v) is 13.4. The molecule has 118 valence electrons. The van der Waals surface area contributed by atoms with Gasteiger partial charge in [0, 0.05) is 6.07 Å². The summed E-state index contributed by atoms with van der Waals surface area (Å²) in [4.78, 5) is 0. The summed E-state index contributed by atoms with van der Waals surface area (Å²) in [5, 5.41) is 8.93. The Morgan fingerprint density at radius 2 is 1.58 bits per heavy atom. The van der Waals surface area contributed by atoms with E-state index in [1.165, 1.54) is 5.56 Å². The smallest absolute Gasteiger partial charge is 0.131 e. The van der Waals surface area contributed by atoms with E-state index < -0.39 is 0 Å². The number of hydrogen-bond acceptors (Lipinski definition) is 3. The van der Waals surface area contributed by atoms with Gasteiger partial charge in [0.2, 0.25) is 0 Å². The quantitative estimate of drug-likeness (QED) is 0.646. The van der Waals surface area contributed by atoms with Crippen molar-refractivity contribution in [2.45, 2.75) is 13.5 Å². The SMILES string of the molecule is Cc1ccc(Oc2cccc(OCc3cccc(C#N)c3)c2)cc1. The molecule has 0 spiro atoms. The van der Waals surface area contributed by atoms with Crippen molar-refractivity contribution < 1.29 is 9.47 Å². The van der Waals surface area contributed by atoms with Crippen molar-refractivity contribution in [1.29, 1.82) is 5.26 Å². The molecule has 0 N–H and O–H groups in total. The summed E-state index contributed by atoms with van der Waals surface area (Å²) in [6.07, 6.45) is 0. The molecule has 0 atom stereocenters. The summed E-state index contributed by atoms with van der Waals surface area (Å²) < 4.78 is 11.6. The molecule has 0 amide bonds. The summed E-state index contributed by atoms with van der Waals surface area (Å²) in [6, 6.07) is 25.0. The molecule has 0 aliphatic heterocycles. The van der Waals surface area contributed by atoms with Crippen molar-refractivity contribution >= 4 is 0 Å². The van der Waals surface area contributed by atoms with Crippen molar-refractivity contribution in [3.63, 3.8) is 0 Å². The number of ether oxygens (including phenoxy) is 2. The van der Waals surface area contributed by atoms with Gasteiger partial charge in [-0.05, 0) is 48.9 Å². The van der Waals surface area contributed by atoms with Gasteiger partial charge in [0.1, 0.15) is 23.9 Å². The van der Waals surface area contributed by atoms with Gasteiger partial charge in [-0.3, -0.25) is 0 Å². The average molecular weight is 315 g/mol. The molecule has 3 heteroatoms. The highest BCUT2D eigenvalue weighted by Gasteiger charge is 2.02. The van der Waals surface area contributed by atoms with Crippen LogP contribution < -0.4 is 9.47 Å². The Kier molecular flexibility index (Phi) is 4.78. The van der Waals surface area contributed by atoms with Crippen LogP contribution in [0.4, 0.5) is 0 Å². The fourth-order valence-electron chi connectivity index (χ4n) is 2.27. The molecule has 0 radical (unpaired) electrons. The predicted molar refractivity (Wildman–Crippen MR) is 93.2 cm³/mol. The number of aryl methyl sites for hydroxylation is 1. The van der Waals surface area contributed by atoms with E-state index in [4.69, 9.17) is 14.7 Å². The van der Waals surface area contributed by atoms with E-state index in [9.17, 15) is 0 Å². The Balaban J connectivity index is 1.66. The van der Waals surface area contributed by atoms with Gasteiger partial charge in [-0.15, -0.1) is 0 Å². The largest absolute Gasteiger partial charge is 0.489 e. The fourth-order valence-corrected chi connectivity index (χ4v) is 2.27. The maximum atomic E-state index is 8.93. The zero-order valence-electron chi connectivity index (χ0n) is 13.4. The maximum absolute atomic E-state index is 8.93. The Bertz CT molecular complexity index is 864. The fraction of sp³-hybridized carbons (Fsp3) is 0.0952. The van der Waals surface area contributed by atoms with Gasteiger partial charge < -0.3 is 9.47 Å². The van der Waals surface area contributed by atoms with E-state index in [1.807, 2.05) is 73.7 Å². The standard InChI is InChI=1S/C21H17NO2/c1-16-8-10-19(11-9-16)24-21-7-3-6-20(13-21)23-15-18-5-2-4-17(12-18)14-22/h2-13H,15H2,1H3. The second kappa shape index (κ2) is 7.34. The van der Waals surface area contributed by atoms with Gasteiger partial charge in [0.15, 0.2) is 0 Å². The molecule has 0 aliphatic carbocycles. The van der Waals surface area contributed by atoms with Crippen LogP contribution in [-0.2, 0) is 6.61 Å². The second-order valence-electron chi connectivity index (χ2n) is 5.49. The van der Waals surface area contributed by atoms with Crippen molar-refractivity contribution in [3.8, 4) is 23.3 Å². The molecule has 0 bridgehead atoms. The summed E-state index contributed by atoms with van der Waals surface area (Å²) in [6.45, 7) is 2.45. The van der Waals surface area contributed by atoms with Crippen LogP contribution in [0.3, 0.4) is 0 Å². The first kappa shape index (κ1) is 15.6. The molecule has 0 saturated carbocycles. The number of nitriles is 1. The van der Waals surface area contributed by atoms with Crippen LogP contribution in [0.5, 0.6) is 17.2 Å². The third-order valence-electron chi connectivity index (χ3n) is 3.52. The highest BCUT2D eigenvalue weighted by molar-refractivity contribution is 5.38. The molecule has 3 aromatic carbocycles. The molecule has 3 rings (SSSR count). The molecule has 0 aromatic heterocycles. The predicted octanol–water partition coefficient (Wildman–Crippen LogP) is 5.24. The Morgan fingerprint density at radius 3 is 2.38 bits per heavy atom. The lowest BCUT2D eigenvalue weighted by molar-refractivity contribution is 0.304. The van der Waals surface area contributed by atoms with Gasteiger partial charge in [-0.1, -0.05) is 35.9 Å². The molecule has 24 heavy (non-hydrogen) atoms. The highest BCUT2D eigenvalue weighted by Crippen LogP contribution is 2.26. The van der Waals surface area contributed by atoms with E-state index in [0.29, 0.717) is 12.2 Å². The Morgan fingerprint density at radius 1 is 0.833 bits per heavy atom. The average Bonchev–Trinajstić information content (AvgIpc) is 2.62. The minimum absolute atomic E-state index is 0.406. The molecule has 0 saturated heterocycles. The maximum Gasteiger partial charge on any atom is 0.131 e. The van der Waals surface area contributed by atoms with Crippen molar-refractivity contribution in [2.24, 2.45) is 0 Å². The highest BCUT2D eigenvalue weighted by atomic mass is 16.5. The molecular formula is C21H17NO2. The normalized spacial score (nSPS) is 10.0. The lowest BCUT2D eigenvalue weighted by Crippen LogP contribution is -1.96. The summed E-state index contributed by atoms with van der Waals surface area (Å²) in [5.74, 6) is 2.24. The Hall–Kier alpha value is -3.25. The zero-order chi connectivity index (χ0) is 16.8. The van der Waals surface area contributed by atoms with Crippen LogP contribution in [0.25, 0.3) is 0 Å². The lowest BCUT2D eigenvalue weighted by atomic mass is 10.1. The number of nitrogens with zero attached hydrogens (tertiary/aromatic N) is 1. The van der Waals surface area contributed by atoms with Gasteiger partial charge in [0.05, 0.1) is 11.6 Å². The van der Waals surface area contributed by atoms with Gasteiger partial charge >= 0.3 is 0 Å². The van der Waals surface area contributed by atoms with Crippen LogP contribution in [-0.4, -0.2) is 0 Å². The van der Waals surface area contributed by atoms with Crippen LogP contribution in [0.15, 0.2) is 72.8 Å². The van der Waals surface area contributed by atoms with Gasteiger partial charge in [-0.25, -0.2) is 0 Å². The van der Waals surface area contributed by atoms with E-state index in [-0.39, 0.29) is 0 Å². The molecule has 3 nitrogen and oxygen atoms in total. The van der Waals surface area contributed by atoms with E-state index in [2.05, 4.69) is 6.07 Å². The summed E-state index contributed by atoms with van der Waals surface area (Å²) in [7, 11) is 0. The monoisotopic (exact) mass is 315 g/mol. The minimum Gasteiger partial charge on any atom is -0.489 e. The second-order valence-corrected chi connectivity index (χ2v) is 5.49. The van der Waals surface area contributed by atoms with Gasteiger partial charge in [-0.2, -0.15) is 5.26 Å². The van der Waals surface area contributed by atoms with Gasteiger partial charge in [0.25, 0.3) is 0 Å². The van der Waals surface area contributed by atoms with Crippen LogP contribution in [0.2, 0.25) is 0 Å². The van der Waals surface area contributed by atoms with Crippen LogP contribution >= 0.6 is 0 Å². The molecule has 0 aliphatic rings. The van der Waals surface area contributed by atoms with E-state index in [1.54, 1.807) is 6.07 Å². The number of benzene rings is 3. The van der Waals surface area contributed by atoms with Crippen LogP contribution in [0.1, 0.15) is 16.7 Å². The molecule has 0 heterocycles. The first-order valence-corrected chi connectivity index (χ1v) is 7.69. The first-order chi connectivity index (χ1) is 11.7. The third kappa shape index (κ3) is 4.15. The van der Waals surface area contributed by atoms with Crippen molar-refractivity contribution in [2.75, 3.05) is 0 Å². The number of hydrogen-bond donors (Lipinski definition) is 0. The van der Waals surface area contributed by atoms with Crippen LogP contribution in [0, 0.1) is 18.3 Å². The summed E-state index contributed by atoms with van der Waals surface area (Å²) >= 11 is 0. The third-order valence-corrected chi connectivity index (χ3v) is 3.52. The molecule has 3 aromatic rings. The van der Waals surface area contributed by atoms with E-state index in [0.717, 1.165) is 22.8 Å². The van der Waals surface area contributed by atoms with Crippen molar-refractivity contribution in [3.05, 3.63) is 89.5 Å². The first-order valence-electron chi connectivity index (χ1n) is 7.69. The number of rotatable bonds is 5. The Labute approximate surface area is 141 Å². The topological polar surface area (TPSA) is 42.2 Å². The minimum atomic E-state index is 0.406.